The van der Waals surface area contributed by atoms with E-state index in [1.807, 2.05) is 18.2 Å². The van der Waals surface area contributed by atoms with Crippen molar-refractivity contribution in [2.75, 3.05) is 5.32 Å². The summed E-state index contributed by atoms with van der Waals surface area (Å²) in [5.41, 5.74) is 1.67. The molecule has 0 saturated heterocycles. The van der Waals surface area contributed by atoms with Crippen LogP contribution in [-0.2, 0) is 11.4 Å². The lowest BCUT2D eigenvalue weighted by Gasteiger charge is -2.11. The number of halogens is 3. The zero-order valence-corrected chi connectivity index (χ0v) is 17.8. The third-order valence-corrected chi connectivity index (χ3v) is 4.84. The lowest BCUT2D eigenvalue weighted by molar-refractivity contribution is -0.112. The maximum atomic E-state index is 12.6. The van der Waals surface area contributed by atoms with E-state index in [1.165, 1.54) is 6.08 Å². The van der Waals surface area contributed by atoms with Crippen molar-refractivity contribution in [2.24, 2.45) is 0 Å². The van der Waals surface area contributed by atoms with Crippen LogP contribution in [0.2, 0.25) is 15.1 Å². The summed E-state index contributed by atoms with van der Waals surface area (Å²) in [6.07, 6.45) is 1.42. The fourth-order valence-corrected chi connectivity index (χ4v) is 3.18. The summed E-state index contributed by atoms with van der Waals surface area (Å²) in [6, 6.07) is 20.9. The van der Waals surface area contributed by atoms with Gasteiger partial charge in [0.1, 0.15) is 24.0 Å². The van der Waals surface area contributed by atoms with E-state index in [4.69, 9.17) is 39.5 Å². The van der Waals surface area contributed by atoms with Crippen molar-refractivity contribution < 1.29 is 9.53 Å². The average molecular weight is 458 g/mol. The Morgan fingerprint density at radius 3 is 2.50 bits per heavy atom. The molecular formula is C23H15Cl3N2O2. The van der Waals surface area contributed by atoms with E-state index in [0.717, 1.165) is 5.56 Å². The Hall–Kier alpha value is -2.97. The summed E-state index contributed by atoms with van der Waals surface area (Å²) >= 11 is 18.2. The molecule has 1 N–H and O–H groups in total. The summed E-state index contributed by atoms with van der Waals surface area (Å²) < 4.78 is 5.87. The van der Waals surface area contributed by atoms with Crippen molar-refractivity contribution in [2.45, 2.75) is 6.61 Å². The molecule has 0 radical (unpaired) electrons. The maximum absolute atomic E-state index is 12.6. The van der Waals surface area contributed by atoms with Crippen LogP contribution in [0.5, 0.6) is 5.75 Å². The van der Waals surface area contributed by atoms with E-state index < -0.39 is 5.91 Å². The Bertz CT molecular complexity index is 1150. The maximum Gasteiger partial charge on any atom is 0.266 e. The van der Waals surface area contributed by atoms with Gasteiger partial charge in [0.2, 0.25) is 0 Å². The zero-order chi connectivity index (χ0) is 21.5. The van der Waals surface area contributed by atoms with Crippen LogP contribution in [0.3, 0.4) is 0 Å². The first-order chi connectivity index (χ1) is 14.5. The highest BCUT2D eigenvalue weighted by Gasteiger charge is 2.13. The topological polar surface area (TPSA) is 62.1 Å². The molecule has 0 heterocycles. The number of hydrogen-bond acceptors (Lipinski definition) is 3. The molecule has 150 valence electrons. The molecule has 0 aromatic heterocycles. The van der Waals surface area contributed by atoms with Crippen molar-refractivity contribution in [1.82, 2.24) is 0 Å². The monoisotopic (exact) mass is 456 g/mol. The number of rotatable bonds is 6. The number of carbonyl (C=O) groups is 1. The SMILES string of the molecule is N#C/C(=C\c1cc(Cl)ccc1OCc1cccc(Cl)c1)C(=O)Nc1ccccc1Cl. The molecule has 0 aliphatic rings. The average Bonchev–Trinajstić information content (AvgIpc) is 2.73. The highest BCUT2D eigenvalue weighted by molar-refractivity contribution is 6.34. The lowest BCUT2D eigenvalue weighted by Crippen LogP contribution is -2.13. The van der Waals surface area contributed by atoms with Gasteiger partial charge in [0.15, 0.2) is 0 Å². The van der Waals surface area contributed by atoms with E-state index in [9.17, 15) is 10.1 Å². The molecule has 3 rings (SSSR count). The zero-order valence-electron chi connectivity index (χ0n) is 15.5. The molecule has 30 heavy (non-hydrogen) atoms. The molecule has 4 nitrogen and oxygen atoms in total. The van der Waals surface area contributed by atoms with Gasteiger partial charge in [-0.05, 0) is 54.1 Å². The largest absolute Gasteiger partial charge is 0.488 e. The highest BCUT2D eigenvalue weighted by Crippen LogP contribution is 2.27. The third-order valence-electron chi connectivity index (χ3n) is 4.04. The molecule has 0 saturated carbocycles. The second-order valence-electron chi connectivity index (χ2n) is 6.20. The van der Waals surface area contributed by atoms with Gasteiger partial charge in [-0.3, -0.25) is 4.79 Å². The van der Waals surface area contributed by atoms with Gasteiger partial charge in [0, 0.05) is 15.6 Å². The number of nitriles is 1. The number of para-hydroxylation sites is 1. The van der Waals surface area contributed by atoms with E-state index in [-0.39, 0.29) is 12.2 Å². The number of carbonyl (C=O) groups excluding carboxylic acids is 1. The molecule has 3 aromatic rings. The van der Waals surface area contributed by atoms with E-state index in [0.29, 0.717) is 32.1 Å². The fraction of sp³-hybridized carbons (Fsp3) is 0.0435. The summed E-state index contributed by atoms with van der Waals surface area (Å²) in [5, 5.41) is 13.6. The van der Waals surface area contributed by atoms with Gasteiger partial charge in [-0.1, -0.05) is 59.1 Å². The van der Waals surface area contributed by atoms with Crippen molar-refractivity contribution in [3.05, 3.63) is 98.5 Å². The van der Waals surface area contributed by atoms with Crippen molar-refractivity contribution >= 4 is 52.5 Å². The van der Waals surface area contributed by atoms with Crippen LogP contribution in [0.15, 0.2) is 72.3 Å². The van der Waals surface area contributed by atoms with E-state index in [1.54, 1.807) is 54.6 Å². The van der Waals surface area contributed by atoms with Gasteiger partial charge in [-0.15, -0.1) is 0 Å². The van der Waals surface area contributed by atoms with Gasteiger partial charge >= 0.3 is 0 Å². The predicted molar refractivity (Wildman–Crippen MR) is 121 cm³/mol. The van der Waals surface area contributed by atoms with Crippen molar-refractivity contribution in [3.8, 4) is 11.8 Å². The van der Waals surface area contributed by atoms with Gasteiger partial charge < -0.3 is 10.1 Å². The number of ether oxygens (including phenoxy) is 1. The molecule has 0 atom stereocenters. The Labute approximate surface area is 189 Å². The number of nitrogens with zero attached hydrogens (tertiary/aromatic N) is 1. The summed E-state index contributed by atoms with van der Waals surface area (Å²) in [7, 11) is 0. The molecular weight excluding hydrogens is 443 g/mol. The second kappa shape index (κ2) is 10.2. The van der Waals surface area contributed by atoms with Gasteiger partial charge in [0.25, 0.3) is 5.91 Å². The summed E-state index contributed by atoms with van der Waals surface area (Å²) in [5.74, 6) is -0.121. The molecule has 0 spiro atoms. The van der Waals surface area contributed by atoms with Gasteiger partial charge in [0.05, 0.1) is 10.7 Å². The van der Waals surface area contributed by atoms with Gasteiger partial charge in [-0.2, -0.15) is 5.26 Å². The molecule has 1 amide bonds. The van der Waals surface area contributed by atoms with Crippen LogP contribution >= 0.6 is 34.8 Å². The minimum Gasteiger partial charge on any atom is -0.488 e. The fourth-order valence-electron chi connectivity index (χ4n) is 2.61. The first kappa shape index (κ1) is 21.7. The first-order valence-corrected chi connectivity index (χ1v) is 9.94. The smallest absolute Gasteiger partial charge is 0.266 e. The normalized spacial score (nSPS) is 10.9. The molecule has 0 bridgehead atoms. The van der Waals surface area contributed by atoms with Crippen LogP contribution in [0.25, 0.3) is 6.08 Å². The first-order valence-electron chi connectivity index (χ1n) is 8.81. The Morgan fingerprint density at radius 1 is 1.00 bits per heavy atom. The number of benzene rings is 3. The molecule has 0 aliphatic heterocycles. The molecule has 0 unspecified atom stereocenters. The number of hydrogen-bond donors (Lipinski definition) is 1. The summed E-state index contributed by atoms with van der Waals surface area (Å²) in [6.45, 7) is 0.261. The van der Waals surface area contributed by atoms with E-state index >= 15 is 0 Å². The van der Waals surface area contributed by atoms with Crippen molar-refractivity contribution in [3.63, 3.8) is 0 Å². The van der Waals surface area contributed by atoms with Crippen LogP contribution in [-0.4, -0.2) is 5.91 Å². The lowest BCUT2D eigenvalue weighted by atomic mass is 10.1. The van der Waals surface area contributed by atoms with Crippen LogP contribution in [0, 0.1) is 11.3 Å². The Morgan fingerprint density at radius 2 is 1.77 bits per heavy atom. The van der Waals surface area contributed by atoms with Crippen LogP contribution in [0.1, 0.15) is 11.1 Å². The molecule has 0 fully saturated rings. The standard InChI is InChI=1S/C23H15Cl3N2O2/c24-18-5-3-4-15(10-18)14-30-22-9-8-19(25)12-16(22)11-17(13-27)23(29)28-21-7-2-1-6-20(21)26/h1-12H,14H2,(H,28,29)/b17-11+. The van der Waals surface area contributed by atoms with Crippen molar-refractivity contribution in [1.29, 1.82) is 5.26 Å². The highest BCUT2D eigenvalue weighted by atomic mass is 35.5. The van der Waals surface area contributed by atoms with Crippen LogP contribution in [0.4, 0.5) is 5.69 Å². The summed E-state index contributed by atoms with van der Waals surface area (Å²) in [4.78, 5) is 12.6. The van der Waals surface area contributed by atoms with E-state index in [2.05, 4.69) is 5.32 Å². The number of nitrogens with one attached hydrogen (secondary N) is 1. The molecule has 3 aromatic carbocycles. The second-order valence-corrected chi connectivity index (χ2v) is 7.48. The Kier molecular flexibility index (Phi) is 7.37. The molecule has 7 heteroatoms. The predicted octanol–water partition coefficient (Wildman–Crippen LogP) is 6.77. The molecule has 0 aliphatic carbocycles. The quantitative estimate of drug-likeness (QED) is 0.328. The minimum absolute atomic E-state index is 0.121. The number of anilines is 1. The van der Waals surface area contributed by atoms with Crippen LogP contribution < -0.4 is 10.1 Å². The Balaban J connectivity index is 1.84. The number of amides is 1. The van der Waals surface area contributed by atoms with Gasteiger partial charge in [-0.25, -0.2) is 0 Å². The third kappa shape index (κ3) is 5.77. The minimum atomic E-state index is -0.591.